The SMILES string of the molecule is CC(=O)N[C@@H](CC(C)C)C(=O)N[C@@H](CC(C)C)C(=O)N[C@@H](CCCN=C(N)N)C(=O)NCC(=O)N[C@@H](Cc1cnc[nH]1)C(=O)N[C@@H](CO)C(=O)O. The second kappa shape index (κ2) is 22.4. The molecule has 1 rings (SSSR count). The molecule has 0 aliphatic heterocycles. The Morgan fingerprint density at radius 1 is 0.804 bits per heavy atom. The maximum Gasteiger partial charge on any atom is 0.328 e. The van der Waals surface area contributed by atoms with Gasteiger partial charge in [0.15, 0.2) is 5.96 Å². The first-order chi connectivity index (χ1) is 23.9. The van der Waals surface area contributed by atoms with Crippen LogP contribution in [0.5, 0.6) is 0 Å². The Balaban J connectivity index is 3.12. The van der Waals surface area contributed by atoms with Crippen molar-refractivity contribution in [3.8, 4) is 0 Å². The maximum atomic E-state index is 13.6. The highest BCUT2D eigenvalue weighted by Gasteiger charge is 2.31. The molecule has 0 spiro atoms. The van der Waals surface area contributed by atoms with Gasteiger partial charge in [0.25, 0.3) is 0 Å². The van der Waals surface area contributed by atoms with Crippen LogP contribution in [0.2, 0.25) is 0 Å². The zero-order valence-electron chi connectivity index (χ0n) is 29.7. The quantitative estimate of drug-likeness (QED) is 0.0301. The topological polar surface area (TPSA) is 325 Å². The number of carbonyl (C=O) groups is 7. The molecule has 0 radical (unpaired) electrons. The first kappa shape index (κ1) is 43.8. The lowest BCUT2D eigenvalue weighted by molar-refractivity contribution is -0.143. The fourth-order valence-corrected chi connectivity index (χ4v) is 4.79. The molecule has 0 aliphatic carbocycles. The number of hydrogen-bond donors (Lipinski definition) is 11. The van der Waals surface area contributed by atoms with Crippen LogP contribution in [-0.2, 0) is 40.0 Å². The molecule has 286 valence electrons. The molecule has 0 saturated carbocycles. The van der Waals surface area contributed by atoms with Crippen molar-refractivity contribution in [3.05, 3.63) is 18.2 Å². The monoisotopic (exact) mass is 723 g/mol. The second-order valence-corrected chi connectivity index (χ2v) is 12.8. The van der Waals surface area contributed by atoms with Crippen LogP contribution in [0.1, 0.15) is 66.0 Å². The van der Waals surface area contributed by atoms with Gasteiger partial charge in [0.05, 0.1) is 19.5 Å². The number of amides is 6. The zero-order chi connectivity index (χ0) is 38.7. The number of carbonyl (C=O) groups excluding carboxylic acids is 6. The van der Waals surface area contributed by atoms with Crippen molar-refractivity contribution in [1.82, 2.24) is 41.9 Å². The van der Waals surface area contributed by atoms with Gasteiger partial charge in [0.2, 0.25) is 35.4 Å². The molecule has 0 saturated heterocycles. The summed E-state index contributed by atoms with van der Waals surface area (Å²) in [6.45, 7) is 7.31. The Hall–Kier alpha value is -5.27. The summed E-state index contributed by atoms with van der Waals surface area (Å²) in [5.74, 6) is -5.83. The standard InChI is InChI=1S/C31H53N11O9/c1-16(2)9-21(38-18(5)44)27(47)41-22(10-17(3)4)28(48)40-20(7-6-8-35-31(32)33)26(46)36-13-25(45)39-23(11-19-12-34-15-37-19)29(49)42-24(14-43)30(50)51/h12,15-17,20-24,43H,6-11,13-14H2,1-5H3,(H,34,37)(H,36,46)(H,38,44)(H,39,45)(H,40,48)(H,41,47)(H,42,49)(H,50,51)(H4,32,33,35)/t20-,21-,22-,23-,24-/m0/s1. The van der Waals surface area contributed by atoms with E-state index in [1.165, 1.54) is 19.4 Å². The van der Waals surface area contributed by atoms with Gasteiger partial charge in [-0.3, -0.25) is 33.8 Å². The number of rotatable bonds is 23. The molecular weight excluding hydrogens is 670 g/mol. The largest absolute Gasteiger partial charge is 0.480 e. The van der Waals surface area contributed by atoms with Gasteiger partial charge in [-0.25, -0.2) is 9.78 Å². The van der Waals surface area contributed by atoms with Gasteiger partial charge >= 0.3 is 5.97 Å². The minimum absolute atomic E-state index is 0.0305. The minimum Gasteiger partial charge on any atom is -0.480 e. The number of aliphatic hydroxyl groups is 1. The number of aromatic nitrogens is 2. The molecule has 0 aliphatic rings. The summed E-state index contributed by atoms with van der Waals surface area (Å²) in [6.07, 6.45) is 3.40. The van der Waals surface area contributed by atoms with Crippen LogP contribution >= 0.6 is 0 Å². The number of nitrogens with one attached hydrogen (secondary N) is 7. The molecule has 1 heterocycles. The summed E-state index contributed by atoms with van der Waals surface area (Å²) in [6, 6.07) is -6.13. The van der Waals surface area contributed by atoms with Crippen LogP contribution in [0.25, 0.3) is 0 Å². The van der Waals surface area contributed by atoms with E-state index in [-0.39, 0.29) is 50.0 Å². The van der Waals surface area contributed by atoms with Crippen molar-refractivity contribution >= 4 is 47.4 Å². The number of imidazole rings is 1. The fourth-order valence-electron chi connectivity index (χ4n) is 4.79. The van der Waals surface area contributed by atoms with E-state index in [4.69, 9.17) is 11.5 Å². The summed E-state index contributed by atoms with van der Waals surface area (Å²) in [5.41, 5.74) is 11.2. The van der Waals surface area contributed by atoms with Gasteiger partial charge in [0, 0.05) is 31.8 Å². The molecule has 1 aromatic heterocycles. The van der Waals surface area contributed by atoms with Gasteiger partial charge in [-0.15, -0.1) is 0 Å². The predicted octanol–water partition coefficient (Wildman–Crippen LogP) is -3.27. The van der Waals surface area contributed by atoms with E-state index in [0.717, 1.165) is 0 Å². The molecular formula is C31H53N11O9. The first-order valence-electron chi connectivity index (χ1n) is 16.5. The number of nitrogens with two attached hydrogens (primary N) is 2. The van der Waals surface area contributed by atoms with E-state index in [1.54, 1.807) is 0 Å². The summed E-state index contributed by atoms with van der Waals surface area (Å²) in [5, 5.41) is 33.4. The zero-order valence-corrected chi connectivity index (χ0v) is 29.7. The summed E-state index contributed by atoms with van der Waals surface area (Å²) < 4.78 is 0. The normalized spacial score (nSPS) is 13.9. The lowest BCUT2D eigenvalue weighted by atomic mass is 9.99. The number of aliphatic hydroxyl groups excluding tert-OH is 1. The highest BCUT2D eigenvalue weighted by Crippen LogP contribution is 2.10. The van der Waals surface area contributed by atoms with Crippen molar-refractivity contribution in [2.75, 3.05) is 19.7 Å². The van der Waals surface area contributed by atoms with Crippen LogP contribution < -0.4 is 43.4 Å². The number of guanidine groups is 1. The van der Waals surface area contributed by atoms with Crippen LogP contribution in [0.15, 0.2) is 17.5 Å². The third-order valence-corrected chi connectivity index (χ3v) is 7.17. The molecule has 0 aromatic carbocycles. The molecule has 6 amide bonds. The molecule has 13 N–H and O–H groups in total. The lowest BCUT2D eigenvalue weighted by Crippen LogP contribution is -2.58. The Kier molecular flexibility index (Phi) is 19.3. The molecule has 20 heteroatoms. The molecule has 0 bridgehead atoms. The average Bonchev–Trinajstić information content (AvgIpc) is 3.55. The summed E-state index contributed by atoms with van der Waals surface area (Å²) in [4.78, 5) is 99.4. The maximum absolute atomic E-state index is 13.6. The number of hydrogen-bond acceptors (Lipinski definition) is 10. The van der Waals surface area contributed by atoms with Crippen molar-refractivity contribution < 1.29 is 43.8 Å². The van der Waals surface area contributed by atoms with Crippen LogP contribution in [-0.4, -0.2) is 117 Å². The van der Waals surface area contributed by atoms with E-state index in [2.05, 4.69) is 46.9 Å². The number of aromatic amines is 1. The summed E-state index contributed by atoms with van der Waals surface area (Å²) >= 11 is 0. The Morgan fingerprint density at radius 3 is 1.84 bits per heavy atom. The van der Waals surface area contributed by atoms with Crippen molar-refractivity contribution in [2.24, 2.45) is 28.3 Å². The number of aliphatic carboxylic acids is 1. The van der Waals surface area contributed by atoms with Gasteiger partial charge in [0.1, 0.15) is 30.2 Å². The number of carboxylic acid groups (broad SMARTS) is 1. The highest BCUT2D eigenvalue weighted by molar-refractivity contribution is 5.95. The van der Waals surface area contributed by atoms with E-state index in [1.807, 2.05) is 27.7 Å². The Morgan fingerprint density at radius 2 is 1.35 bits per heavy atom. The number of nitrogens with zero attached hydrogens (tertiary/aromatic N) is 2. The van der Waals surface area contributed by atoms with Crippen LogP contribution in [0.4, 0.5) is 0 Å². The predicted molar refractivity (Wildman–Crippen MR) is 184 cm³/mol. The van der Waals surface area contributed by atoms with Gasteiger partial charge in [-0.2, -0.15) is 0 Å². The molecule has 0 fully saturated rings. The minimum atomic E-state index is -1.63. The Labute approximate surface area is 296 Å². The van der Waals surface area contributed by atoms with Crippen LogP contribution in [0.3, 0.4) is 0 Å². The average molecular weight is 724 g/mol. The number of carboxylic acids is 1. The summed E-state index contributed by atoms with van der Waals surface area (Å²) in [7, 11) is 0. The third-order valence-electron chi connectivity index (χ3n) is 7.17. The second-order valence-electron chi connectivity index (χ2n) is 12.8. The van der Waals surface area contributed by atoms with Crippen LogP contribution in [0, 0.1) is 11.8 Å². The fraction of sp³-hybridized carbons (Fsp3) is 0.645. The van der Waals surface area contributed by atoms with E-state index in [0.29, 0.717) is 12.1 Å². The van der Waals surface area contributed by atoms with Crippen molar-refractivity contribution in [1.29, 1.82) is 0 Å². The van der Waals surface area contributed by atoms with Crippen molar-refractivity contribution in [2.45, 2.75) is 96.9 Å². The van der Waals surface area contributed by atoms with Gasteiger partial charge in [-0.05, 0) is 37.5 Å². The molecule has 20 nitrogen and oxygen atoms in total. The molecule has 51 heavy (non-hydrogen) atoms. The molecule has 0 unspecified atom stereocenters. The van der Waals surface area contributed by atoms with Gasteiger partial charge in [-0.1, -0.05) is 27.7 Å². The first-order valence-corrected chi connectivity index (χ1v) is 16.5. The molecule has 5 atom stereocenters. The third kappa shape index (κ3) is 17.8. The highest BCUT2D eigenvalue weighted by atomic mass is 16.4. The van der Waals surface area contributed by atoms with Crippen molar-refractivity contribution in [3.63, 3.8) is 0 Å². The molecule has 1 aromatic rings. The van der Waals surface area contributed by atoms with E-state index < -0.39 is 84.8 Å². The Bertz CT molecular complexity index is 1350. The van der Waals surface area contributed by atoms with Gasteiger partial charge < -0.3 is 58.6 Å². The number of aliphatic imine (C=N–C) groups is 1. The van der Waals surface area contributed by atoms with E-state index >= 15 is 0 Å². The smallest absolute Gasteiger partial charge is 0.328 e. The number of H-pyrrole nitrogens is 1. The van der Waals surface area contributed by atoms with E-state index in [9.17, 15) is 43.8 Å². The lowest BCUT2D eigenvalue weighted by Gasteiger charge is -2.26.